The maximum absolute atomic E-state index is 15.1. The van der Waals surface area contributed by atoms with E-state index in [0.29, 0.717) is 23.7 Å². The fraction of sp³-hybridized carbons (Fsp3) is 0.296. The van der Waals surface area contributed by atoms with E-state index in [0.717, 1.165) is 37.2 Å². The summed E-state index contributed by atoms with van der Waals surface area (Å²) in [4.78, 5) is 15.6. The number of nitrogens with zero attached hydrogens (tertiary/aromatic N) is 1. The molecule has 6 heteroatoms. The summed E-state index contributed by atoms with van der Waals surface area (Å²) in [5.41, 5.74) is 1.27. The molecule has 1 saturated heterocycles. The SMILES string of the molecule is O=C(C1CCNCC1)N(CCOc1ccccc1)[C@H](c1ccc(Cl)cc1)c1ccccc1F. The number of nitrogens with one attached hydrogen (secondary N) is 1. The molecule has 4 nitrogen and oxygen atoms in total. The van der Waals surface area contributed by atoms with Crippen LogP contribution in [0.4, 0.5) is 4.39 Å². The van der Waals surface area contributed by atoms with Crippen molar-refractivity contribution in [3.8, 4) is 5.75 Å². The van der Waals surface area contributed by atoms with Crippen LogP contribution in [0.25, 0.3) is 0 Å². The topological polar surface area (TPSA) is 41.6 Å². The molecule has 1 atom stereocenters. The molecular weight excluding hydrogens is 439 g/mol. The summed E-state index contributed by atoms with van der Waals surface area (Å²) in [7, 11) is 0. The van der Waals surface area contributed by atoms with Crippen molar-refractivity contribution in [3.63, 3.8) is 0 Å². The first-order valence-electron chi connectivity index (χ1n) is 11.3. The number of amides is 1. The van der Waals surface area contributed by atoms with Gasteiger partial charge in [-0.05, 0) is 61.8 Å². The summed E-state index contributed by atoms with van der Waals surface area (Å²) in [6.45, 7) is 2.24. The highest BCUT2D eigenvalue weighted by atomic mass is 35.5. The second-order valence-corrected chi connectivity index (χ2v) is 8.63. The predicted molar refractivity (Wildman–Crippen MR) is 129 cm³/mol. The van der Waals surface area contributed by atoms with Gasteiger partial charge >= 0.3 is 0 Å². The van der Waals surface area contributed by atoms with Crippen LogP contribution >= 0.6 is 11.6 Å². The maximum atomic E-state index is 15.1. The van der Waals surface area contributed by atoms with Gasteiger partial charge in [-0.15, -0.1) is 0 Å². The van der Waals surface area contributed by atoms with Crippen LogP contribution in [-0.4, -0.2) is 37.0 Å². The Balaban J connectivity index is 1.68. The van der Waals surface area contributed by atoms with Crippen LogP contribution < -0.4 is 10.1 Å². The zero-order chi connectivity index (χ0) is 23.0. The third-order valence-corrected chi connectivity index (χ3v) is 6.26. The highest BCUT2D eigenvalue weighted by Crippen LogP contribution is 2.33. The van der Waals surface area contributed by atoms with Crippen molar-refractivity contribution in [2.75, 3.05) is 26.2 Å². The van der Waals surface area contributed by atoms with Gasteiger partial charge in [-0.3, -0.25) is 4.79 Å². The number of carbonyl (C=O) groups is 1. The van der Waals surface area contributed by atoms with Gasteiger partial charge < -0.3 is 15.0 Å². The molecule has 1 fully saturated rings. The third-order valence-electron chi connectivity index (χ3n) is 6.01. The summed E-state index contributed by atoms with van der Waals surface area (Å²) in [6.07, 6.45) is 1.53. The van der Waals surface area contributed by atoms with Gasteiger partial charge in [0.15, 0.2) is 0 Å². The van der Waals surface area contributed by atoms with Crippen LogP contribution in [0.2, 0.25) is 5.02 Å². The van der Waals surface area contributed by atoms with Crippen molar-refractivity contribution in [2.24, 2.45) is 5.92 Å². The zero-order valence-electron chi connectivity index (χ0n) is 18.4. The largest absolute Gasteiger partial charge is 0.492 e. The van der Waals surface area contributed by atoms with Crippen molar-refractivity contribution >= 4 is 17.5 Å². The molecule has 0 bridgehead atoms. The molecule has 3 aromatic carbocycles. The molecule has 0 spiro atoms. The minimum Gasteiger partial charge on any atom is -0.492 e. The maximum Gasteiger partial charge on any atom is 0.226 e. The van der Waals surface area contributed by atoms with Crippen LogP contribution in [0.5, 0.6) is 5.75 Å². The standard InChI is InChI=1S/C27H28ClFN2O2/c28-22-12-10-20(11-13-22)26(24-8-4-5-9-25(24)29)31(27(32)21-14-16-30-17-15-21)18-19-33-23-6-2-1-3-7-23/h1-13,21,26,30H,14-19H2/t26-/m1/s1. The van der Waals surface area contributed by atoms with E-state index in [1.165, 1.54) is 6.07 Å². The molecule has 3 aromatic rings. The first-order valence-corrected chi connectivity index (χ1v) is 11.7. The normalized spacial score (nSPS) is 15.1. The Morgan fingerprint density at radius 2 is 1.67 bits per heavy atom. The second-order valence-electron chi connectivity index (χ2n) is 8.19. The van der Waals surface area contributed by atoms with Gasteiger partial charge in [-0.1, -0.05) is 60.1 Å². The molecule has 1 heterocycles. The van der Waals surface area contributed by atoms with Gasteiger partial charge in [-0.2, -0.15) is 0 Å². The Labute approximate surface area is 199 Å². The van der Waals surface area contributed by atoms with E-state index in [4.69, 9.17) is 16.3 Å². The summed E-state index contributed by atoms with van der Waals surface area (Å²) < 4.78 is 21.0. The zero-order valence-corrected chi connectivity index (χ0v) is 19.2. The average molecular weight is 467 g/mol. The number of carbonyl (C=O) groups excluding carboxylic acids is 1. The molecule has 0 aromatic heterocycles. The Morgan fingerprint density at radius 3 is 2.36 bits per heavy atom. The smallest absolute Gasteiger partial charge is 0.226 e. The highest BCUT2D eigenvalue weighted by Gasteiger charge is 2.33. The van der Waals surface area contributed by atoms with Crippen LogP contribution in [0.15, 0.2) is 78.9 Å². The van der Waals surface area contributed by atoms with E-state index in [1.807, 2.05) is 42.5 Å². The first kappa shape index (κ1) is 23.3. The summed E-state index contributed by atoms with van der Waals surface area (Å²) in [5.74, 6) is 0.311. The minimum atomic E-state index is -0.578. The third kappa shape index (κ3) is 5.92. The summed E-state index contributed by atoms with van der Waals surface area (Å²) >= 11 is 6.13. The fourth-order valence-electron chi connectivity index (χ4n) is 4.32. The van der Waals surface area contributed by atoms with E-state index in [2.05, 4.69) is 5.32 Å². The molecule has 1 aliphatic rings. The molecular formula is C27H28ClFN2O2. The number of rotatable bonds is 8. The van der Waals surface area contributed by atoms with Crippen molar-refractivity contribution in [1.82, 2.24) is 10.2 Å². The Bertz CT molecular complexity index is 1040. The molecule has 33 heavy (non-hydrogen) atoms. The second kappa shape index (κ2) is 11.3. The van der Waals surface area contributed by atoms with Crippen LogP contribution in [-0.2, 0) is 4.79 Å². The van der Waals surface area contributed by atoms with Crippen molar-refractivity contribution < 1.29 is 13.9 Å². The van der Waals surface area contributed by atoms with Crippen molar-refractivity contribution in [3.05, 3.63) is 101 Å². The van der Waals surface area contributed by atoms with E-state index in [-0.39, 0.29) is 17.6 Å². The Kier molecular flexibility index (Phi) is 7.97. The fourth-order valence-corrected chi connectivity index (χ4v) is 4.44. The predicted octanol–water partition coefficient (Wildman–Crippen LogP) is 5.48. The van der Waals surface area contributed by atoms with E-state index in [1.54, 1.807) is 35.2 Å². The number of ether oxygens (including phenoxy) is 1. The van der Waals surface area contributed by atoms with Gasteiger partial charge in [0, 0.05) is 16.5 Å². The van der Waals surface area contributed by atoms with Gasteiger partial charge in [0.05, 0.1) is 12.6 Å². The number of hydrogen-bond donors (Lipinski definition) is 1. The lowest BCUT2D eigenvalue weighted by Crippen LogP contribution is -2.45. The lowest BCUT2D eigenvalue weighted by atomic mass is 9.92. The van der Waals surface area contributed by atoms with Gasteiger partial charge in [-0.25, -0.2) is 4.39 Å². The molecule has 172 valence electrons. The van der Waals surface area contributed by atoms with Gasteiger partial charge in [0.2, 0.25) is 5.91 Å². The number of piperidine rings is 1. The summed E-state index contributed by atoms with van der Waals surface area (Å²) in [6, 6.07) is 22.8. The molecule has 1 N–H and O–H groups in total. The van der Waals surface area contributed by atoms with Crippen LogP contribution in [0.3, 0.4) is 0 Å². The molecule has 0 saturated carbocycles. The van der Waals surface area contributed by atoms with Crippen LogP contribution in [0, 0.1) is 11.7 Å². The quantitative estimate of drug-likeness (QED) is 0.478. The molecule has 1 aliphatic heterocycles. The number of benzene rings is 3. The lowest BCUT2D eigenvalue weighted by molar-refractivity contribution is -0.138. The lowest BCUT2D eigenvalue weighted by Gasteiger charge is -2.36. The Morgan fingerprint density at radius 1 is 1.00 bits per heavy atom. The molecule has 0 aliphatic carbocycles. The van der Waals surface area contributed by atoms with Gasteiger partial charge in [0.1, 0.15) is 18.2 Å². The van der Waals surface area contributed by atoms with E-state index in [9.17, 15) is 4.79 Å². The van der Waals surface area contributed by atoms with Crippen molar-refractivity contribution in [1.29, 1.82) is 0 Å². The minimum absolute atomic E-state index is 0.0244. The monoisotopic (exact) mass is 466 g/mol. The molecule has 0 radical (unpaired) electrons. The van der Waals surface area contributed by atoms with Gasteiger partial charge in [0.25, 0.3) is 0 Å². The number of hydrogen-bond acceptors (Lipinski definition) is 3. The van der Waals surface area contributed by atoms with E-state index < -0.39 is 6.04 Å². The van der Waals surface area contributed by atoms with E-state index >= 15 is 4.39 Å². The number of halogens is 2. The molecule has 0 unspecified atom stereocenters. The van der Waals surface area contributed by atoms with Crippen molar-refractivity contribution in [2.45, 2.75) is 18.9 Å². The average Bonchev–Trinajstić information content (AvgIpc) is 2.86. The number of para-hydroxylation sites is 1. The first-order chi connectivity index (χ1) is 16.1. The molecule has 1 amide bonds. The van der Waals surface area contributed by atoms with Crippen LogP contribution in [0.1, 0.15) is 30.0 Å². The highest BCUT2D eigenvalue weighted by molar-refractivity contribution is 6.30. The molecule has 4 rings (SSSR count). The summed E-state index contributed by atoms with van der Waals surface area (Å²) in [5, 5.41) is 3.90. The Hall–Kier alpha value is -2.89.